The number of ether oxygens (including phenoxy) is 1. The van der Waals surface area contributed by atoms with Gasteiger partial charge in [-0.2, -0.15) is 0 Å². The summed E-state index contributed by atoms with van der Waals surface area (Å²) in [4.78, 5) is 39.5. The van der Waals surface area contributed by atoms with E-state index in [9.17, 15) is 24.6 Å². The Bertz CT molecular complexity index is 1170. The molecule has 2 aliphatic carbocycles. The molecule has 7 heteroatoms. The van der Waals surface area contributed by atoms with Crippen molar-refractivity contribution in [3.05, 3.63) is 71.3 Å². The highest BCUT2D eigenvalue weighted by molar-refractivity contribution is 5.91. The summed E-state index contributed by atoms with van der Waals surface area (Å²) >= 11 is 0. The van der Waals surface area contributed by atoms with Crippen molar-refractivity contribution >= 4 is 17.7 Å². The number of hydrogen-bond donors (Lipinski definition) is 3. The van der Waals surface area contributed by atoms with Crippen LogP contribution in [0, 0.1) is 23.2 Å². The van der Waals surface area contributed by atoms with Gasteiger partial charge in [-0.15, -0.1) is 0 Å². The Morgan fingerprint density at radius 1 is 1.14 bits per heavy atom. The Hall–Kier alpha value is -3.03. The Labute approximate surface area is 218 Å². The van der Waals surface area contributed by atoms with Crippen LogP contribution in [0.3, 0.4) is 0 Å². The minimum atomic E-state index is -1.82. The van der Waals surface area contributed by atoms with Gasteiger partial charge in [0.1, 0.15) is 17.1 Å². The number of allylic oxidation sites excluding steroid dienone is 1. The van der Waals surface area contributed by atoms with Crippen molar-refractivity contribution in [2.45, 2.75) is 71.3 Å². The van der Waals surface area contributed by atoms with Gasteiger partial charge in [-0.3, -0.25) is 14.4 Å². The molecular weight excluding hydrogens is 470 g/mol. The maximum Gasteiger partial charge on any atom is 0.303 e. The summed E-state index contributed by atoms with van der Waals surface area (Å²) in [6, 6.07) is 9.52. The lowest BCUT2D eigenvalue weighted by Crippen LogP contribution is -2.58. The molecule has 1 heterocycles. The molecular formula is C30H37NO6. The molecule has 0 saturated carbocycles. The number of ketones is 1. The summed E-state index contributed by atoms with van der Waals surface area (Å²) in [6.07, 6.45) is 5.17. The first-order valence-electron chi connectivity index (χ1n) is 12.9. The summed E-state index contributed by atoms with van der Waals surface area (Å²) < 4.78 is 5.82. The molecule has 37 heavy (non-hydrogen) atoms. The summed E-state index contributed by atoms with van der Waals surface area (Å²) in [6.45, 7) is 8.20. The van der Waals surface area contributed by atoms with Gasteiger partial charge < -0.3 is 20.3 Å². The van der Waals surface area contributed by atoms with Crippen LogP contribution in [0.15, 0.2) is 65.8 Å². The van der Waals surface area contributed by atoms with Crippen molar-refractivity contribution in [1.29, 1.82) is 0 Å². The monoisotopic (exact) mass is 507 g/mol. The Morgan fingerprint density at radius 2 is 1.81 bits per heavy atom. The number of benzene rings is 1. The molecule has 7 nitrogen and oxygen atoms in total. The quantitative estimate of drug-likeness (QED) is 0.428. The SMILES string of the molecule is CC(=O)OC1/C=C/C(C)(O)C(=O)C(C)C/C=C/C2C(O)C(C)=C(C)C3C(Cc4ccccc4)NC(=O)C123. The van der Waals surface area contributed by atoms with Gasteiger partial charge in [0.05, 0.1) is 6.10 Å². The van der Waals surface area contributed by atoms with Gasteiger partial charge in [-0.25, -0.2) is 0 Å². The summed E-state index contributed by atoms with van der Waals surface area (Å²) in [5.74, 6) is -2.92. The molecule has 4 rings (SSSR count). The lowest BCUT2D eigenvalue weighted by molar-refractivity contribution is -0.161. The first-order chi connectivity index (χ1) is 17.4. The lowest BCUT2D eigenvalue weighted by Gasteiger charge is -2.49. The second kappa shape index (κ2) is 10.0. The van der Waals surface area contributed by atoms with Crippen LogP contribution in [0.25, 0.3) is 0 Å². The molecule has 8 atom stereocenters. The average Bonchev–Trinajstić information content (AvgIpc) is 3.13. The van der Waals surface area contributed by atoms with Gasteiger partial charge in [0.2, 0.25) is 5.91 Å². The van der Waals surface area contributed by atoms with E-state index in [0.29, 0.717) is 12.8 Å². The van der Waals surface area contributed by atoms with Crippen molar-refractivity contribution in [3.8, 4) is 0 Å². The van der Waals surface area contributed by atoms with E-state index in [-0.39, 0.29) is 17.7 Å². The number of rotatable bonds is 3. The molecule has 1 spiro atoms. The standard InChI is InChI=1S/C30H37NO6/c1-17-10-9-13-22-26(33)19(3)18(2)25-23(16-21-11-7-6-8-12-21)31-28(35)30(22,25)24(37-20(4)32)14-15-29(5,36)27(17)34/h6-9,11-15,17,22-26,33,36H,10,16H2,1-5H3,(H,31,35)/b13-9+,15-14+. The van der Waals surface area contributed by atoms with Crippen LogP contribution in [0.2, 0.25) is 0 Å². The predicted octanol–water partition coefficient (Wildman–Crippen LogP) is 3.06. The van der Waals surface area contributed by atoms with E-state index in [4.69, 9.17) is 4.74 Å². The number of nitrogens with one attached hydrogen (secondary N) is 1. The van der Waals surface area contributed by atoms with Crippen molar-refractivity contribution in [2.75, 3.05) is 0 Å². The number of aliphatic hydroxyl groups is 2. The predicted molar refractivity (Wildman–Crippen MR) is 139 cm³/mol. The fourth-order valence-electron chi connectivity index (χ4n) is 6.54. The van der Waals surface area contributed by atoms with Crippen LogP contribution >= 0.6 is 0 Å². The number of Topliss-reactive ketones (excluding diaryl/α,β-unsaturated/α-hetero) is 1. The second-order valence-electron chi connectivity index (χ2n) is 11.0. The maximum absolute atomic E-state index is 14.2. The lowest BCUT2D eigenvalue weighted by atomic mass is 9.54. The fourth-order valence-corrected chi connectivity index (χ4v) is 6.54. The van der Waals surface area contributed by atoms with E-state index in [1.165, 1.54) is 26.0 Å². The third kappa shape index (κ3) is 4.59. The van der Waals surface area contributed by atoms with Crippen molar-refractivity contribution in [1.82, 2.24) is 5.32 Å². The third-order valence-electron chi connectivity index (χ3n) is 8.49. The highest BCUT2D eigenvalue weighted by atomic mass is 16.5. The van der Waals surface area contributed by atoms with Crippen LogP contribution in [0.4, 0.5) is 0 Å². The van der Waals surface area contributed by atoms with E-state index >= 15 is 0 Å². The van der Waals surface area contributed by atoms with Crippen molar-refractivity contribution in [2.24, 2.45) is 23.2 Å². The zero-order chi connectivity index (χ0) is 27.1. The average molecular weight is 508 g/mol. The van der Waals surface area contributed by atoms with Gasteiger partial charge in [-0.05, 0) is 56.9 Å². The third-order valence-corrected chi connectivity index (χ3v) is 8.49. The summed E-state index contributed by atoms with van der Waals surface area (Å²) in [5, 5.41) is 25.7. The van der Waals surface area contributed by atoms with Gasteiger partial charge in [0.25, 0.3) is 0 Å². The van der Waals surface area contributed by atoms with E-state index < -0.39 is 46.9 Å². The maximum atomic E-state index is 14.2. The minimum Gasteiger partial charge on any atom is -0.457 e. The molecule has 1 saturated heterocycles. The topological polar surface area (TPSA) is 113 Å². The molecule has 3 aliphatic rings. The minimum absolute atomic E-state index is 0.314. The molecule has 1 aliphatic heterocycles. The molecule has 0 aromatic heterocycles. The van der Waals surface area contributed by atoms with Crippen molar-refractivity contribution in [3.63, 3.8) is 0 Å². The van der Waals surface area contributed by atoms with E-state index in [1.807, 2.05) is 44.2 Å². The summed E-state index contributed by atoms with van der Waals surface area (Å²) in [5.41, 5.74) is -0.500. The largest absolute Gasteiger partial charge is 0.457 e. The van der Waals surface area contributed by atoms with Crippen LogP contribution in [0.5, 0.6) is 0 Å². The molecule has 1 amide bonds. The number of carbonyl (C=O) groups excluding carboxylic acids is 3. The molecule has 0 bridgehead atoms. The smallest absolute Gasteiger partial charge is 0.303 e. The highest BCUT2D eigenvalue weighted by Crippen LogP contribution is 2.57. The van der Waals surface area contributed by atoms with Crippen LogP contribution in [0.1, 0.15) is 46.6 Å². The van der Waals surface area contributed by atoms with E-state index in [2.05, 4.69) is 5.32 Å². The fraction of sp³-hybridized carbons (Fsp3) is 0.500. The molecule has 1 fully saturated rings. The number of esters is 1. The van der Waals surface area contributed by atoms with Crippen LogP contribution in [-0.4, -0.2) is 51.7 Å². The molecule has 3 N–H and O–H groups in total. The first-order valence-corrected chi connectivity index (χ1v) is 12.9. The molecule has 0 radical (unpaired) electrons. The zero-order valence-electron chi connectivity index (χ0n) is 22.1. The number of aliphatic hydroxyl groups excluding tert-OH is 1. The van der Waals surface area contributed by atoms with E-state index in [1.54, 1.807) is 19.1 Å². The Balaban J connectivity index is 1.96. The first kappa shape index (κ1) is 27.0. The number of carbonyl (C=O) groups is 3. The van der Waals surface area contributed by atoms with Gasteiger partial charge in [0, 0.05) is 30.7 Å². The van der Waals surface area contributed by atoms with Crippen LogP contribution < -0.4 is 5.32 Å². The molecule has 1 aromatic rings. The Kier molecular flexibility index (Phi) is 7.32. The van der Waals surface area contributed by atoms with Gasteiger partial charge in [0.15, 0.2) is 5.78 Å². The van der Waals surface area contributed by atoms with E-state index in [0.717, 1.165) is 16.7 Å². The molecule has 1 aromatic carbocycles. The van der Waals surface area contributed by atoms with Crippen LogP contribution in [-0.2, 0) is 25.5 Å². The normalized spacial score (nSPS) is 39.6. The Morgan fingerprint density at radius 3 is 2.46 bits per heavy atom. The zero-order valence-corrected chi connectivity index (χ0v) is 22.1. The van der Waals surface area contributed by atoms with Gasteiger partial charge >= 0.3 is 5.97 Å². The van der Waals surface area contributed by atoms with Crippen molar-refractivity contribution < 1.29 is 29.3 Å². The van der Waals surface area contributed by atoms with Gasteiger partial charge in [-0.1, -0.05) is 55.0 Å². The second-order valence-corrected chi connectivity index (χ2v) is 11.0. The number of hydrogen-bond acceptors (Lipinski definition) is 6. The number of amides is 1. The molecule has 198 valence electrons. The summed E-state index contributed by atoms with van der Waals surface area (Å²) in [7, 11) is 0. The molecule has 8 unspecified atom stereocenters. The highest BCUT2D eigenvalue weighted by Gasteiger charge is 2.67.